The van der Waals surface area contributed by atoms with E-state index in [9.17, 15) is 0 Å². The average Bonchev–Trinajstić information content (AvgIpc) is 2.82. The van der Waals surface area contributed by atoms with Gasteiger partial charge in [-0.05, 0) is 49.3 Å². The molecule has 0 amide bonds. The van der Waals surface area contributed by atoms with Crippen LogP contribution in [0.25, 0.3) is 0 Å². The fourth-order valence-electron chi connectivity index (χ4n) is 3.58. The Hall–Kier alpha value is -0.820. The second-order valence-corrected chi connectivity index (χ2v) is 6.00. The van der Waals surface area contributed by atoms with Crippen molar-refractivity contribution >= 4 is 0 Å². The Bertz CT molecular complexity index is 354. The van der Waals surface area contributed by atoms with Crippen LogP contribution in [0, 0.1) is 0 Å². The van der Waals surface area contributed by atoms with Gasteiger partial charge in [-0.1, -0.05) is 49.9 Å². The Kier molecular flexibility index (Phi) is 3.99. The lowest BCUT2D eigenvalue weighted by Crippen LogP contribution is -2.12. The standard InChI is InChI=1S/C17H25N/c1-2-4-7-14(6-3-1)15-9-11-16(12-10-15)17-8-5-13-18-17/h9-12,14,17-18H,1-8,13H2. The van der Waals surface area contributed by atoms with Crippen LogP contribution in [0.1, 0.15) is 74.5 Å². The molecule has 98 valence electrons. The summed E-state index contributed by atoms with van der Waals surface area (Å²) in [7, 11) is 0. The largest absolute Gasteiger partial charge is 0.310 e. The normalized spacial score (nSPS) is 26.1. The van der Waals surface area contributed by atoms with E-state index in [1.807, 2.05) is 0 Å². The van der Waals surface area contributed by atoms with Gasteiger partial charge in [0.1, 0.15) is 0 Å². The van der Waals surface area contributed by atoms with E-state index >= 15 is 0 Å². The van der Waals surface area contributed by atoms with Crippen LogP contribution >= 0.6 is 0 Å². The molecule has 0 aromatic heterocycles. The average molecular weight is 243 g/mol. The highest BCUT2D eigenvalue weighted by molar-refractivity contribution is 5.28. The van der Waals surface area contributed by atoms with Gasteiger partial charge in [-0.15, -0.1) is 0 Å². The number of hydrogen-bond donors (Lipinski definition) is 1. The van der Waals surface area contributed by atoms with Crippen molar-refractivity contribution in [2.45, 2.75) is 63.3 Å². The van der Waals surface area contributed by atoms with Gasteiger partial charge in [-0.2, -0.15) is 0 Å². The Morgan fingerprint density at radius 2 is 1.39 bits per heavy atom. The quantitative estimate of drug-likeness (QED) is 0.751. The molecule has 1 unspecified atom stereocenters. The SMILES string of the molecule is c1cc(C2CCCN2)ccc1C1CCCCCC1. The molecule has 1 aromatic rings. The Morgan fingerprint density at radius 3 is 2.00 bits per heavy atom. The fourth-order valence-corrected chi connectivity index (χ4v) is 3.58. The van der Waals surface area contributed by atoms with Gasteiger partial charge in [0.15, 0.2) is 0 Å². The van der Waals surface area contributed by atoms with Crippen molar-refractivity contribution in [1.82, 2.24) is 5.32 Å². The third-order valence-electron chi connectivity index (χ3n) is 4.73. The van der Waals surface area contributed by atoms with Crippen molar-refractivity contribution in [2.75, 3.05) is 6.54 Å². The van der Waals surface area contributed by atoms with Gasteiger partial charge in [-0.25, -0.2) is 0 Å². The number of hydrogen-bond acceptors (Lipinski definition) is 1. The van der Waals surface area contributed by atoms with Crippen LogP contribution in [0.2, 0.25) is 0 Å². The van der Waals surface area contributed by atoms with Crippen LogP contribution in [0.3, 0.4) is 0 Å². The minimum absolute atomic E-state index is 0.619. The smallest absolute Gasteiger partial charge is 0.0320 e. The van der Waals surface area contributed by atoms with Gasteiger partial charge in [0.25, 0.3) is 0 Å². The predicted molar refractivity (Wildman–Crippen MR) is 76.9 cm³/mol. The van der Waals surface area contributed by atoms with Crippen LogP contribution in [0.15, 0.2) is 24.3 Å². The highest BCUT2D eigenvalue weighted by Gasteiger charge is 2.17. The molecular formula is C17H25N. The molecule has 1 heterocycles. The van der Waals surface area contributed by atoms with E-state index in [0.717, 1.165) is 5.92 Å². The minimum Gasteiger partial charge on any atom is -0.310 e. The molecule has 18 heavy (non-hydrogen) atoms. The Labute approximate surface area is 111 Å². The zero-order valence-electron chi connectivity index (χ0n) is 11.3. The summed E-state index contributed by atoms with van der Waals surface area (Å²) in [4.78, 5) is 0. The van der Waals surface area contributed by atoms with Gasteiger partial charge >= 0.3 is 0 Å². The molecule has 0 radical (unpaired) electrons. The van der Waals surface area contributed by atoms with Crippen LogP contribution in [0.5, 0.6) is 0 Å². The van der Waals surface area contributed by atoms with E-state index < -0.39 is 0 Å². The second kappa shape index (κ2) is 5.88. The highest BCUT2D eigenvalue weighted by atomic mass is 14.9. The molecule has 0 bridgehead atoms. The topological polar surface area (TPSA) is 12.0 Å². The van der Waals surface area contributed by atoms with Crippen molar-refractivity contribution in [1.29, 1.82) is 0 Å². The van der Waals surface area contributed by atoms with Gasteiger partial charge in [0, 0.05) is 6.04 Å². The molecule has 1 aliphatic carbocycles. The monoisotopic (exact) mass is 243 g/mol. The van der Waals surface area contributed by atoms with Gasteiger partial charge in [0.2, 0.25) is 0 Å². The van der Waals surface area contributed by atoms with Gasteiger partial charge in [-0.3, -0.25) is 0 Å². The lowest BCUT2D eigenvalue weighted by Gasteiger charge is -2.16. The molecule has 1 aliphatic heterocycles. The van der Waals surface area contributed by atoms with Crippen LogP contribution < -0.4 is 5.32 Å². The third-order valence-corrected chi connectivity index (χ3v) is 4.73. The summed E-state index contributed by atoms with van der Waals surface area (Å²) in [6.45, 7) is 1.19. The van der Waals surface area contributed by atoms with Crippen molar-refractivity contribution in [2.24, 2.45) is 0 Å². The molecule has 1 nitrogen and oxygen atoms in total. The van der Waals surface area contributed by atoms with Gasteiger partial charge < -0.3 is 5.32 Å². The van der Waals surface area contributed by atoms with E-state index in [-0.39, 0.29) is 0 Å². The van der Waals surface area contributed by atoms with E-state index in [2.05, 4.69) is 29.6 Å². The van der Waals surface area contributed by atoms with E-state index in [0.29, 0.717) is 6.04 Å². The molecule has 1 saturated carbocycles. The van der Waals surface area contributed by atoms with Crippen molar-refractivity contribution < 1.29 is 0 Å². The number of nitrogens with one attached hydrogen (secondary N) is 1. The predicted octanol–water partition coefficient (Wildman–Crippen LogP) is 4.55. The molecule has 1 saturated heterocycles. The second-order valence-electron chi connectivity index (χ2n) is 6.00. The summed E-state index contributed by atoms with van der Waals surface area (Å²) in [5.41, 5.74) is 3.07. The number of benzene rings is 1. The maximum atomic E-state index is 3.58. The molecule has 0 spiro atoms. The first-order valence-electron chi connectivity index (χ1n) is 7.77. The zero-order valence-corrected chi connectivity index (χ0v) is 11.3. The highest BCUT2D eigenvalue weighted by Crippen LogP contribution is 2.32. The van der Waals surface area contributed by atoms with Crippen molar-refractivity contribution in [3.05, 3.63) is 35.4 Å². The summed E-state index contributed by atoms with van der Waals surface area (Å²) < 4.78 is 0. The molecule has 1 atom stereocenters. The van der Waals surface area contributed by atoms with Gasteiger partial charge in [0.05, 0.1) is 0 Å². The molecule has 3 rings (SSSR count). The lowest BCUT2D eigenvalue weighted by atomic mass is 9.90. The molecule has 1 aromatic carbocycles. The zero-order chi connectivity index (χ0) is 12.2. The van der Waals surface area contributed by atoms with Crippen molar-refractivity contribution in [3.63, 3.8) is 0 Å². The minimum atomic E-state index is 0.619. The fraction of sp³-hybridized carbons (Fsp3) is 0.647. The van der Waals surface area contributed by atoms with Crippen molar-refractivity contribution in [3.8, 4) is 0 Å². The van der Waals surface area contributed by atoms with Crippen LogP contribution in [-0.4, -0.2) is 6.54 Å². The molecular weight excluding hydrogens is 218 g/mol. The molecule has 2 aliphatic rings. The molecule has 1 N–H and O–H groups in total. The summed E-state index contributed by atoms with van der Waals surface area (Å²) in [5, 5.41) is 3.58. The summed E-state index contributed by atoms with van der Waals surface area (Å²) in [5.74, 6) is 0.832. The maximum Gasteiger partial charge on any atom is 0.0320 e. The maximum absolute atomic E-state index is 3.58. The third kappa shape index (κ3) is 2.77. The van der Waals surface area contributed by atoms with E-state index in [4.69, 9.17) is 0 Å². The first-order valence-corrected chi connectivity index (χ1v) is 7.77. The first kappa shape index (κ1) is 12.2. The summed E-state index contributed by atoms with van der Waals surface area (Å²) >= 11 is 0. The Morgan fingerprint density at radius 1 is 0.722 bits per heavy atom. The molecule has 2 fully saturated rings. The first-order chi connectivity index (χ1) is 8.93. The summed E-state index contributed by atoms with van der Waals surface area (Å²) in [6.07, 6.45) is 11.2. The lowest BCUT2D eigenvalue weighted by molar-refractivity contribution is 0.591. The van der Waals surface area contributed by atoms with E-state index in [1.165, 1.54) is 63.5 Å². The number of rotatable bonds is 2. The van der Waals surface area contributed by atoms with Crippen LogP contribution in [0.4, 0.5) is 0 Å². The molecule has 1 heteroatoms. The summed E-state index contributed by atoms with van der Waals surface area (Å²) in [6, 6.07) is 10.1. The Balaban J connectivity index is 1.69. The van der Waals surface area contributed by atoms with E-state index in [1.54, 1.807) is 5.56 Å². The van der Waals surface area contributed by atoms with Crippen LogP contribution in [-0.2, 0) is 0 Å².